The van der Waals surface area contributed by atoms with E-state index in [1.807, 2.05) is 6.07 Å². The van der Waals surface area contributed by atoms with Crippen LogP contribution in [0.2, 0.25) is 0 Å². The fourth-order valence-electron chi connectivity index (χ4n) is 3.47. The summed E-state index contributed by atoms with van der Waals surface area (Å²) in [6, 6.07) is 19.5. The summed E-state index contributed by atoms with van der Waals surface area (Å²) >= 11 is 0. The van der Waals surface area contributed by atoms with Gasteiger partial charge < -0.3 is 10.4 Å². The van der Waals surface area contributed by atoms with Gasteiger partial charge in [0.1, 0.15) is 0 Å². The molecule has 1 aliphatic heterocycles. The van der Waals surface area contributed by atoms with Gasteiger partial charge in [-0.15, -0.1) is 0 Å². The zero-order chi connectivity index (χ0) is 16.9. The van der Waals surface area contributed by atoms with Gasteiger partial charge in [0.25, 0.3) is 0 Å². The van der Waals surface area contributed by atoms with Crippen LogP contribution in [0, 0.1) is 0 Å². The van der Waals surface area contributed by atoms with E-state index in [1.54, 1.807) is 0 Å². The summed E-state index contributed by atoms with van der Waals surface area (Å²) in [6.45, 7) is 6.09. The molecule has 128 valence electrons. The van der Waals surface area contributed by atoms with E-state index in [4.69, 9.17) is 0 Å². The van der Waals surface area contributed by atoms with Crippen LogP contribution >= 0.6 is 0 Å². The van der Waals surface area contributed by atoms with Gasteiger partial charge in [-0.05, 0) is 43.0 Å². The van der Waals surface area contributed by atoms with E-state index < -0.39 is 0 Å². The van der Waals surface area contributed by atoms with Crippen molar-refractivity contribution in [2.75, 3.05) is 18.4 Å². The Morgan fingerprint density at radius 1 is 1.12 bits per heavy atom. The first-order valence-electron chi connectivity index (χ1n) is 9.00. The van der Waals surface area contributed by atoms with Crippen molar-refractivity contribution in [3.05, 3.63) is 65.7 Å². The molecule has 0 radical (unpaired) electrons. The third kappa shape index (κ3) is 3.97. The van der Waals surface area contributed by atoms with Crippen LogP contribution in [0.4, 0.5) is 5.69 Å². The quantitative estimate of drug-likeness (QED) is 0.877. The summed E-state index contributed by atoms with van der Waals surface area (Å²) in [6.07, 6.45) is 1.66. The first kappa shape index (κ1) is 17.0. The lowest BCUT2D eigenvalue weighted by Gasteiger charge is -2.40. The maximum Gasteiger partial charge on any atom is 0.0868 e. The van der Waals surface area contributed by atoms with Gasteiger partial charge in [0.2, 0.25) is 0 Å². The smallest absolute Gasteiger partial charge is 0.0868 e. The fourth-order valence-corrected chi connectivity index (χ4v) is 3.47. The van der Waals surface area contributed by atoms with Crippen LogP contribution in [0.3, 0.4) is 0 Å². The van der Waals surface area contributed by atoms with E-state index in [2.05, 4.69) is 72.6 Å². The Hall–Kier alpha value is -1.84. The lowest BCUT2D eigenvalue weighted by atomic mass is 9.97. The molecule has 3 nitrogen and oxygen atoms in total. The number of aliphatic hydroxyl groups excluding tert-OH is 1. The minimum absolute atomic E-state index is 0.122. The topological polar surface area (TPSA) is 35.5 Å². The lowest BCUT2D eigenvalue weighted by molar-refractivity contribution is 0.0408. The SMILES string of the molecule is CCc1ccc(N[C@@H]2CCN(C(C)c3ccccc3)C[C@H]2O)cc1. The minimum atomic E-state index is -0.351. The normalized spacial score (nSPS) is 23.0. The summed E-state index contributed by atoms with van der Waals surface area (Å²) in [5, 5.41) is 14.1. The van der Waals surface area contributed by atoms with Gasteiger partial charge in [-0.1, -0.05) is 49.4 Å². The van der Waals surface area contributed by atoms with Gasteiger partial charge >= 0.3 is 0 Å². The Morgan fingerprint density at radius 2 is 1.83 bits per heavy atom. The molecule has 0 amide bonds. The molecule has 0 saturated carbocycles. The highest BCUT2D eigenvalue weighted by atomic mass is 16.3. The molecule has 2 aromatic carbocycles. The molecule has 2 aromatic rings. The third-order valence-electron chi connectivity index (χ3n) is 5.16. The second-order valence-electron chi connectivity index (χ2n) is 6.74. The van der Waals surface area contributed by atoms with E-state index in [0.29, 0.717) is 12.6 Å². The van der Waals surface area contributed by atoms with Gasteiger partial charge in [0, 0.05) is 24.8 Å². The van der Waals surface area contributed by atoms with Crippen LogP contribution in [-0.4, -0.2) is 35.2 Å². The van der Waals surface area contributed by atoms with Crippen LogP contribution in [0.25, 0.3) is 0 Å². The summed E-state index contributed by atoms with van der Waals surface area (Å²) in [5.74, 6) is 0. The van der Waals surface area contributed by atoms with Gasteiger partial charge in [-0.3, -0.25) is 4.90 Å². The van der Waals surface area contributed by atoms with Gasteiger partial charge in [0.05, 0.1) is 12.1 Å². The van der Waals surface area contributed by atoms with Crippen molar-refractivity contribution in [3.63, 3.8) is 0 Å². The van der Waals surface area contributed by atoms with Crippen LogP contribution in [0.1, 0.15) is 37.4 Å². The maximum absolute atomic E-state index is 10.6. The molecule has 0 aromatic heterocycles. The number of likely N-dealkylation sites (tertiary alicyclic amines) is 1. The summed E-state index contributed by atoms with van der Waals surface area (Å²) < 4.78 is 0. The molecule has 3 atom stereocenters. The first-order chi connectivity index (χ1) is 11.7. The third-order valence-corrected chi connectivity index (χ3v) is 5.16. The highest BCUT2D eigenvalue weighted by molar-refractivity contribution is 5.45. The predicted octanol–water partition coefficient (Wildman–Crippen LogP) is 3.86. The molecule has 0 aliphatic carbocycles. The van der Waals surface area contributed by atoms with Crippen molar-refractivity contribution < 1.29 is 5.11 Å². The first-order valence-corrected chi connectivity index (χ1v) is 9.00. The Balaban J connectivity index is 1.58. The molecule has 2 N–H and O–H groups in total. The summed E-state index contributed by atoms with van der Waals surface area (Å²) in [4.78, 5) is 2.37. The molecule has 1 unspecified atom stereocenters. The number of aryl methyl sites for hydroxylation is 1. The highest BCUT2D eigenvalue weighted by Gasteiger charge is 2.30. The van der Waals surface area contributed by atoms with Gasteiger partial charge in [0.15, 0.2) is 0 Å². The standard InChI is InChI=1S/C21H28N2O/c1-3-17-9-11-19(12-10-17)22-20-13-14-23(15-21(20)24)16(2)18-7-5-4-6-8-18/h4-12,16,20-22,24H,3,13-15H2,1-2H3/t16?,20-,21-/m1/s1. The number of rotatable bonds is 5. The monoisotopic (exact) mass is 324 g/mol. The Labute approximate surface area is 145 Å². The van der Waals surface area contributed by atoms with Crippen LogP contribution < -0.4 is 5.32 Å². The number of hydrogen-bond donors (Lipinski definition) is 2. The number of nitrogens with one attached hydrogen (secondary N) is 1. The summed E-state index contributed by atoms with van der Waals surface area (Å²) in [7, 11) is 0. The molecule has 1 aliphatic rings. The van der Waals surface area contributed by atoms with Crippen molar-refractivity contribution in [3.8, 4) is 0 Å². The Morgan fingerprint density at radius 3 is 2.46 bits per heavy atom. The fraction of sp³-hybridized carbons (Fsp3) is 0.429. The average Bonchev–Trinajstić information content (AvgIpc) is 2.64. The zero-order valence-corrected chi connectivity index (χ0v) is 14.7. The number of β-amino-alcohol motifs (C(OH)–C–C–N with tert-alkyl or cyclic N) is 1. The molecule has 0 bridgehead atoms. The molecule has 1 fully saturated rings. The van der Waals surface area contributed by atoms with Crippen LogP contribution in [0.15, 0.2) is 54.6 Å². The van der Waals surface area contributed by atoms with Gasteiger partial charge in [-0.2, -0.15) is 0 Å². The van der Waals surface area contributed by atoms with Crippen molar-refractivity contribution in [1.29, 1.82) is 0 Å². The van der Waals surface area contributed by atoms with E-state index in [9.17, 15) is 5.11 Å². The number of nitrogens with zero attached hydrogens (tertiary/aromatic N) is 1. The number of piperidine rings is 1. The summed E-state index contributed by atoms with van der Waals surface area (Å²) in [5.41, 5.74) is 3.75. The Bertz CT molecular complexity index is 626. The number of anilines is 1. The van der Waals surface area contributed by atoms with Crippen molar-refractivity contribution >= 4 is 5.69 Å². The van der Waals surface area contributed by atoms with Crippen molar-refractivity contribution in [2.24, 2.45) is 0 Å². The van der Waals surface area contributed by atoms with Crippen LogP contribution in [-0.2, 0) is 6.42 Å². The van der Waals surface area contributed by atoms with E-state index in [1.165, 1.54) is 11.1 Å². The van der Waals surface area contributed by atoms with E-state index in [-0.39, 0.29) is 12.1 Å². The van der Waals surface area contributed by atoms with E-state index >= 15 is 0 Å². The zero-order valence-electron chi connectivity index (χ0n) is 14.7. The molecular formula is C21H28N2O. The van der Waals surface area contributed by atoms with Gasteiger partial charge in [-0.25, -0.2) is 0 Å². The molecule has 0 spiro atoms. The maximum atomic E-state index is 10.6. The molecule has 3 heteroatoms. The van der Waals surface area contributed by atoms with E-state index in [0.717, 1.165) is 25.1 Å². The molecular weight excluding hydrogens is 296 g/mol. The largest absolute Gasteiger partial charge is 0.390 e. The number of aliphatic hydroxyl groups is 1. The number of hydrogen-bond acceptors (Lipinski definition) is 3. The minimum Gasteiger partial charge on any atom is -0.390 e. The van der Waals surface area contributed by atoms with Crippen molar-refractivity contribution in [2.45, 2.75) is 44.9 Å². The van der Waals surface area contributed by atoms with Crippen LogP contribution in [0.5, 0.6) is 0 Å². The average molecular weight is 324 g/mol. The Kier molecular flexibility index (Phi) is 5.54. The predicted molar refractivity (Wildman–Crippen MR) is 100 cm³/mol. The molecule has 1 saturated heterocycles. The molecule has 1 heterocycles. The molecule has 3 rings (SSSR count). The second kappa shape index (κ2) is 7.82. The van der Waals surface area contributed by atoms with Crippen molar-refractivity contribution in [1.82, 2.24) is 4.90 Å². The number of benzene rings is 2. The second-order valence-corrected chi connectivity index (χ2v) is 6.74. The lowest BCUT2D eigenvalue weighted by Crippen LogP contribution is -2.50. The molecule has 24 heavy (non-hydrogen) atoms. The highest BCUT2D eigenvalue weighted by Crippen LogP contribution is 2.25.